The molecule has 2 unspecified atom stereocenters. The quantitative estimate of drug-likeness (QED) is 0.593. The summed E-state index contributed by atoms with van der Waals surface area (Å²) in [7, 11) is 0. The highest BCUT2D eigenvalue weighted by molar-refractivity contribution is 6.30. The molecule has 134 valence electrons. The summed E-state index contributed by atoms with van der Waals surface area (Å²) in [6, 6.07) is 7.42. The summed E-state index contributed by atoms with van der Waals surface area (Å²) in [4.78, 5) is 14.8. The van der Waals surface area contributed by atoms with Crippen molar-refractivity contribution in [3.8, 4) is 0 Å². The third-order valence-corrected chi connectivity index (χ3v) is 4.86. The molecule has 8 heteroatoms. The van der Waals surface area contributed by atoms with Gasteiger partial charge in [-0.1, -0.05) is 30.7 Å². The monoisotopic (exact) mass is 364 g/mol. The lowest BCUT2D eigenvalue weighted by molar-refractivity contribution is -0.486. The fraction of sp³-hybridized carbons (Fsp3) is 0.471. The van der Waals surface area contributed by atoms with Crippen molar-refractivity contribution in [2.45, 2.75) is 6.92 Å². The molecule has 0 saturated carbocycles. The van der Waals surface area contributed by atoms with Gasteiger partial charge in [-0.2, -0.15) is 0 Å². The number of halogens is 1. The summed E-state index contributed by atoms with van der Waals surface area (Å²) in [5.41, 5.74) is 0.973. The Labute approximate surface area is 151 Å². The minimum atomic E-state index is -0.634. The minimum absolute atomic E-state index is 0.372. The summed E-state index contributed by atoms with van der Waals surface area (Å²) < 4.78 is 5.50. The van der Waals surface area contributed by atoms with Gasteiger partial charge >= 0.3 is 0 Å². The number of rotatable bonds is 5. The Morgan fingerprint density at radius 1 is 1.36 bits per heavy atom. The molecule has 0 spiro atoms. The second kappa shape index (κ2) is 7.84. The Morgan fingerprint density at radius 3 is 2.76 bits per heavy atom. The Kier molecular flexibility index (Phi) is 5.55. The summed E-state index contributed by atoms with van der Waals surface area (Å²) in [6.07, 6.45) is 3.73. The van der Waals surface area contributed by atoms with Crippen molar-refractivity contribution < 1.29 is 9.77 Å². The second-order valence-electron chi connectivity index (χ2n) is 6.42. The predicted octanol–water partition coefficient (Wildman–Crippen LogP) is 2.76. The first-order chi connectivity index (χ1) is 12.0. The first kappa shape index (κ1) is 17.7. The molecule has 2 atom stereocenters. The van der Waals surface area contributed by atoms with Crippen LogP contribution in [-0.2, 0) is 4.74 Å². The van der Waals surface area contributed by atoms with E-state index in [1.54, 1.807) is 0 Å². The van der Waals surface area contributed by atoms with Crippen molar-refractivity contribution in [3.63, 3.8) is 0 Å². The Hall–Kier alpha value is -2.12. The van der Waals surface area contributed by atoms with Gasteiger partial charge in [0.2, 0.25) is 0 Å². The summed E-state index contributed by atoms with van der Waals surface area (Å²) in [6.45, 7) is 5.69. The zero-order valence-corrected chi connectivity index (χ0v) is 14.8. The molecule has 0 aromatic heterocycles. The smallest absolute Gasteiger partial charge is 0.278 e. The van der Waals surface area contributed by atoms with Gasteiger partial charge in [0.05, 0.1) is 6.61 Å². The lowest BCUT2D eigenvalue weighted by atomic mass is 9.98. The molecule has 2 fully saturated rings. The zero-order chi connectivity index (χ0) is 17.8. The van der Waals surface area contributed by atoms with Crippen LogP contribution in [0.5, 0.6) is 0 Å². The maximum atomic E-state index is 11.0. The van der Waals surface area contributed by atoms with E-state index in [1.165, 1.54) is 0 Å². The molecule has 25 heavy (non-hydrogen) atoms. The number of benzene rings is 1. The Balaban J connectivity index is 1.72. The molecule has 2 aliphatic rings. The van der Waals surface area contributed by atoms with E-state index < -0.39 is 5.03 Å². The minimum Gasteiger partial charge on any atom is -0.381 e. The van der Waals surface area contributed by atoms with E-state index in [0.29, 0.717) is 42.5 Å². The molecule has 0 aliphatic carbocycles. The van der Waals surface area contributed by atoms with Gasteiger partial charge < -0.3 is 14.5 Å². The molecule has 0 radical (unpaired) electrons. The van der Waals surface area contributed by atoms with Crippen molar-refractivity contribution in [2.75, 3.05) is 32.8 Å². The number of hydrazone groups is 1. The molecule has 3 rings (SSSR count). The third kappa shape index (κ3) is 4.49. The Morgan fingerprint density at radius 2 is 2.12 bits per heavy atom. The number of hydrogen-bond acceptors (Lipinski definition) is 3. The van der Waals surface area contributed by atoms with Gasteiger partial charge in [-0.15, -0.1) is 0 Å². The van der Waals surface area contributed by atoms with E-state index in [2.05, 4.69) is 12.0 Å². The first-order valence-corrected chi connectivity index (χ1v) is 8.67. The van der Waals surface area contributed by atoms with E-state index >= 15 is 0 Å². The summed E-state index contributed by atoms with van der Waals surface area (Å²) in [5, 5.41) is 14.6. The zero-order valence-electron chi connectivity index (χ0n) is 14.0. The van der Waals surface area contributed by atoms with Gasteiger partial charge in [0.25, 0.3) is 5.96 Å². The van der Waals surface area contributed by atoms with Crippen LogP contribution in [0.2, 0.25) is 5.02 Å². The highest BCUT2D eigenvalue weighted by atomic mass is 35.5. The van der Waals surface area contributed by atoms with Crippen molar-refractivity contribution in [1.82, 2.24) is 9.80 Å². The highest BCUT2D eigenvalue weighted by Gasteiger charge is 2.33. The topological polar surface area (TPSA) is 71.2 Å². The molecular formula is C17H21ClN4O3. The fourth-order valence-corrected chi connectivity index (χ4v) is 3.22. The van der Waals surface area contributed by atoms with Crippen molar-refractivity contribution in [2.24, 2.45) is 16.9 Å². The lowest BCUT2D eigenvalue weighted by Crippen LogP contribution is -2.37. The predicted molar refractivity (Wildman–Crippen MR) is 96.7 cm³/mol. The van der Waals surface area contributed by atoms with Crippen LogP contribution in [0.4, 0.5) is 0 Å². The normalized spacial score (nSPS) is 25.4. The van der Waals surface area contributed by atoms with Crippen LogP contribution in [0.25, 0.3) is 6.08 Å². The van der Waals surface area contributed by atoms with E-state index in [9.17, 15) is 10.1 Å². The molecule has 2 heterocycles. The van der Waals surface area contributed by atoms with Gasteiger partial charge in [-0.3, -0.25) is 0 Å². The average Bonchev–Trinajstić information content (AvgIpc) is 3.14. The van der Waals surface area contributed by atoms with Crippen LogP contribution in [0.15, 0.2) is 35.6 Å². The summed E-state index contributed by atoms with van der Waals surface area (Å²) in [5.74, 6) is 1.21. The number of hydrogen-bond donors (Lipinski definition) is 0. The molecule has 0 bridgehead atoms. The van der Waals surface area contributed by atoms with Crippen LogP contribution in [0, 0.1) is 22.0 Å². The van der Waals surface area contributed by atoms with Gasteiger partial charge in [0.1, 0.15) is 5.10 Å². The largest absolute Gasteiger partial charge is 0.381 e. The van der Waals surface area contributed by atoms with Crippen molar-refractivity contribution in [3.05, 3.63) is 51.2 Å². The lowest BCUT2D eigenvalue weighted by Gasteiger charge is -2.23. The highest BCUT2D eigenvalue weighted by Crippen LogP contribution is 2.23. The molecular weight excluding hydrogens is 344 g/mol. The molecule has 2 saturated heterocycles. The second-order valence-corrected chi connectivity index (χ2v) is 6.86. The van der Waals surface area contributed by atoms with E-state index in [0.717, 1.165) is 18.7 Å². The number of nitrogens with zero attached hydrogens (tertiary/aromatic N) is 4. The van der Waals surface area contributed by atoms with Crippen LogP contribution >= 0.6 is 11.6 Å². The van der Waals surface area contributed by atoms with Crippen molar-refractivity contribution >= 4 is 23.6 Å². The average molecular weight is 365 g/mol. The maximum absolute atomic E-state index is 11.0. The van der Waals surface area contributed by atoms with Crippen LogP contribution in [0.3, 0.4) is 0 Å². The van der Waals surface area contributed by atoms with E-state index in [4.69, 9.17) is 16.3 Å². The molecule has 7 nitrogen and oxygen atoms in total. The molecule has 1 aromatic carbocycles. The Bertz CT molecular complexity index is 677. The van der Waals surface area contributed by atoms with E-state index in [1.807, 2.05) is 46.3 Å². The van der Waals surface area contributed by atoms with Gasteiger partial charge in [0.15, 0.2) is 5.03 Å². The molecule has 1 aromatic rings. The first-order valence-electron chi connectivity index (χ1n) is 8.29. The molecule has 0 amide bonds. The molecule has 0 N–H and O–H groups in total. The molecule has 2 aliphatic heterocycles. The fourth-order valence-electron chi connectivity index (χ4n) is 3.09. The van der Waals surface area contributed by atoms with Crippen LogP contribution in [0.1, 0.15) is 12.5 Å². The van der Waals surface area contributed by atoms with Crippen LogP contribution < -0.4 is 0 Å². The van der Waals surface area contributed by atoms with Gasteiger partial charge in [-0.25, -0.2) is 10.1 Å². The number of nitro groups is 1. The van der Waals surface area contributed by atoms with E-state index in [-0.39, 0.29) is 0 Å². The van der Waals surface area contributed by atoms with Crippen LogP contribution in [-0.4, -0.2) is 53.6 Å². The number of guanidine groups is 1. The maximum Gasteiger partial charge on any atom is 0.278 e. The van der Waals surface area contributed by atoms with Gasteiger partial charge in [-0.05, 0) is 29.7 Å². The number of ether oxygens (including phenoxy) is 1. The third-order valence-electron chi connectivity index (χ3n) is 4.61. The van der Waals surface area contributed by atoms with Gasteiger partial charge in [0, 0.05) is 43.4 Å². The SMILES string of the molecule is CC1COCC1CN1CCN(C=Cc2ccc(Cl)cc2)C1=N[N+](=O)[O-]. The summed E-state index contributed by atoms with van der Waals surface area (Å²) >= 11 is 5.89. The van der Waals surface area contributed by atoms with Crippen molar-refractivity contribution in [1.29, 1.82) is 0 Å². The standard InChI is InChI=1S/C17H21ClN4O3/c1-13-11-25-12-15(13)10-21-9-8-20(17(21)19-22(23)24)7-6-14-2-4-16(18)5-3-14/h2-7,13,15H,8-12H2,1H3.